The van der Waals surface area contributed by atoms with E-state index in [2.05, 4.69) is 26.8 Å². The van der Waals surface area contributed by atoms with E-state index in [1.54, 1.807) is 4.57 Å². The average molecular weight is 459 g/mol. The van der Waals surface area contributed by atoms with Crippen molar-refractivity contribution in [2.75, 3.05) is 32.0 Å². The fourth-order valence-electron chi connectivity index (χ4n) is 5.58. The Morgan fingerprint density at radius 2 is 1.85 bits per heavy atom. The minimum Gasteiger partial charge on any atom is -0.463 e. The number of fused-ring (bicyclic) bond motifs is 1. The van der Waals surface area contributed by atoms with Gasteiger partial charge < -0.3 is 20.4 Å². The number of nitrogens with zero attached hydrogens (tertiary/aromatic N) is 4. The van der Waals surface area contributed by atoms with E-state index in [0.717, 1.165) is 37.5 Å². The molecule has 2 aliphatic rings. The van der Waals surface area contributed by atoms with Crippen LogP contribution in [0.1, 0.15) is 84.0 Å². The molecule has 4 rings (SSSR count). The first-order valence-electron chi connectivity index (χ1n) is 13.2. The maximum Gasteiger partial charge on any atom is 0.327 e. The lowest BCUT2D eigenvalue weighted by atomic mass is 9.86. The molecule has 8 heteroatoms. The fraction of sp³-hybridized carbons (Fsp3) is 0.800. The molecule has 3 heterocycles. The van der Waals surface area contributed by atoms with E-state index < -0.39 is 0 Å². The van der Waals surface area contributed by atoms with Gasteiger partial charge in [0.25, 0.3) is 0 Å². The third-order valence-electron chi connectivity index (χ3n) is 7.53. The van der Waals surface area contributed by atoms with E-state index in [1.165, 1.54) is 71.0 Å². The number of nitrogens with one attached hydrogen (secondary N) is 1. The van der Waals surface area contributed by atoms with Crippen molar-refractivity contribution in [1.29, 1.82) is 0 Å². The van der Waals surface area contributed by atoms with Crippen LogP contribution >= 0.6 is 0 Å². The van der Waals surface area contributed by atoms with Gasteiger partial charge in [0.1, 0.15) is 5.52 Å². The van der Waals surface area contributed by atoms with E-state index in [4.69, 9.17) is 10.5 Å². The molecule has 1 aliphatic carbocycles. The quantitative estimate of drug-likeness (QED) is 0.486. The van der Waals surface area contributed by atoms with E-state index in [0.29, 0.717) is 24.3 Å². The molecule has 8 nitrogen and oxygen atoms in total. The molecule has 33 heavy (non-hydrogen) atoms. The van der Waals surface area contributed by atoms with E-state index in [-0.39, 0.29) is 17.5 Å². The predicted octanol–water partition coefficient (Wildman–Crippen LogP) is 4.34. The summed E-state index contributed by atoms with van der Waals surface area (Å²) in [6.07, 6.45) is 15.2. The SMILES string of the molecule is CCCCOc1nc(N)c2[nH]c(=O)n(CCCC3CCCN(CCC4CCCCC4)C3)c2n1. The van der Waals surface area contributed by atoms with Crippen LogP contribution in [0.5, 0.6) is 6.01 Å². The average Bonchev–Trinajstić information content (AvgIpc) is 3.15. The Hall–Kier alpha value is -2.09. The Morgan fingerprint density at radius 1 is 1.03 bits per heavy atom. The number of hydrogen-bond acceptors (Lipinski definition) is 6. The summed E-state index contributed by atoms with van der Waals surface area (Å²) in [6, 6.07) is 0.252. The van der Waals surface area contributed by atoms with Crippen LogP contribution in [0.15, 0.2) is 4.79 Å². The Balaban J connectivity index is 1.29. The molecule has 184 valence electrons. The number of rotatable bonds is 11. The van der Waals surface area contributed by atoms with Crippen LogP contribution in [-0.2, 0) is 6.54 Å². The highest BCUT2D eigenvalue weighted by Crippen LogP contribution is 2.28. The predicted molar refractivity (Wildman–Crippen MR) is 133 cm³/mol. The lowest BCUT2D eigenvalue weighted by Gasteiger charge is -2.34. The third kappa shape index (κ3) is 6.49. The zero-order valence-corrected chi connectivity index (χ0v) is 20.4. The molecule has 1 saturated carbocycles. The highest BCUT2D eigenvalue weighted by Gasteiger charge is 2.22. The molecule has 3 N–H and O–H groups in total. The van der Waals surface area contributed by atoms with Crippen LogP contribution in [0.25, 0.3) is 11.2 Å². The number of anilines is 1. The molecular formula is C25H42N6O2. The highest BCUT2D eigenvalue weighted by atomic mass is 16.5. The molecule has 1 saturated heterocycles. The Labute approximate surface area is 197 Å². The van der Waals surface area contributed by atoms with Gasteiger partial charge in [-0.2, -0.15) is 9.97 Å². The number of likely N-dealkylation sites (tertiary alicyclic amines) is 1. The van der Waals surface area contributed by atoms with Crippen LogP contribution in [0.4, 0.5) is 5.82 Å². The Bertz CT molecular complexity index is 933. The first-order valence-corrected chi connectivity index (χ1v) is 13.2. The number of nitrogens with two attached hydrogens (primary N) is 1. The second-order valence-corrected chi connectivity index (χ2v) is 10.1. The van der Waals surface area contributed by atoms with Crippen molar-refractivity contribution in [2.24, 2.45) is 11.8 Å². The van der Waals surface area contributed by atoms with Gasteiger partial charge in [0, 0.05) is 13.1 Å². The number of ether oxygens (including phenoxy) is 1. The lowest BCUT2D eigenvalue weighted by molar-refractivity contribution is 0.151. The van der Waals surface area contributed by atoms with Crippen LogP contribution in [0.3, 0.4) is 0 Å². The summed E-state index contributed by atoms with van der Waals surface area (Å²) in [5.74, 6) is 1.94. The van der Waals surface area contributed by atoms with E-state index in [9.17, 15) is 4.79 Å². The number of piperidine rings is 1. The molecule has 2 aromatic heterocycles. The number of imidazole rings is 1. The molecule has 1 aliphatic heterocycles. The number of aryl methyl sites for hydroxylation is 1. The summed E-state index contributed by atoms with van der Waals surface area (Å²) in [7, 11) is 0. The van der Waals surface area contributed by atoms with Gasteiger partial charge in [0.2, 0.25) is 0 Å². The molecule has 1 unspecified atom stereocenters. The van der Waals surface area contributed by atoms with Gasteiger partial charge in [-0.15, -0.1) is 0 Å². The summed E-state index contributed by atoms with van der Waals surface area (Å²) in [5.41, 5.74) is 6.96. The number of unbranched alkanes of at least 4 members (excludes halogenated alkanes) is 1. The Morgan fingerprint density at radius 3 is 2.67 bits per heavy atom. The molecule has 2 aromatic rings. The van der Waals surface area contributed by atoms with Crippen LogP contribution in [0.2, 0.25) is 0 Å². The number of aromatic amines is 1. The van der Waals surface area contributed by atoms with Crippen LogP contribution in [-0.4, -0.2) is 50.7 Å². The minimum absolute atomic E-state index is 0.172. The highest BCUT2D eigenvalue weighted by molar-refractivity contribution is 5.81. The van der Waals surface area contributed by atoms with Gasteiger partial charge in [-0.25, -0.2) is 4.79 Å². The maximum atomic E-state index is 12.6. The monoisotopic (exact) mass is 458 g/mol. The van der Waals surface area contributed by atoms with Gasteiger partial charge in [-0.1, -0.05) is 45.4 Å². The summed E-state index contributed by atoms with van der Waals surface area (Å²) in [4.78, 5) is 26.8. The zero-order chi connectivity index (χ0) is 23.0. The molecule has 0 aromatic carbocycles. The van der Waals surface area contributed by atoms with Crippen molar-refractivity contribution < 1.29 is 4.74 Å². The van der Waals surface area contributed by atoms with Crippen molar-refractivity contribution in [1.82, 2.24) is 24.4 Å². The first kappa shape index (κ1) is 24.0. The molecule has 2 fully saturated rings. The largest absolute Gasteiger partial charge is 0.463 e. The summed E-state index contributed by atoms with van der Waals surface area (Å²) < 4.78 is 7.34. The van der Waals surface area contributed by atoms with Gasteiger partial charge in [-0.3, -0.25) is 4.57 Å². The molecule has 0 radical (unpaired) electrons. The van der Waals surface area contributed by atoms with Crippen molar-refractivity contribution in [3.05, 3.63) is 10.5 Å². The van der Waals surface area contributed by atoms with Crippen molar-refractivity contribution in [3.8, 4) is 6.01 Å². The second-order valence-electron chi connectivity index (χ2n) is 10.1. The van der Waals surface area contributed by atoms with Gasteiger partial charge in [-0.05, 0) is 63.5 Å². The number of hydrogen-bond donors (Lipinski definition) is 2. The summed E-state index contributed by atoms with van der Waals surface area (Å²) >= 11 is 0. The summed E-state index contributed by atoms with van der Waals surface area (Å²) in [6.45, 7) is 7.02. The standard InChI is InChI=1S/C25H42N6O2/c1-2-3-17-33-24-28-22(26)21-23(29-24)31(25(32)27-21)15-8-12-20-11-7-14-30(18-20)16-13-19-9-5-4-6-10-19/h19-20H,2-18H2,1H3,(H,27,32)(H2,26,28,29). The molecular weight excluding hydrogens is 416 g/mol. The Kier molecular flexibility index (Phi) is 8.64. The van der Waals surface area contributed by atoms with E-state index >= 15 is 0 Å². The minimum atomic E-state index is -0.172. The molecule has 0 bridgehead atoms. The normalized spacial score (nSPS) is 20.5. The molecule has 0 amide bonds. The van der Waals surface area contributed by atoms with Crippen molar-refractivity contribution >= 4 is 17.0 Å². The summed E-state index contributed by atoms with van der Waals surface area (Å²) in [5, 5.41) is 0. The van der Waals surface area contributed by atoms with Crippen molar-refractivity contribution in [2.45, 2.75) is 90.5 Å². The smallest absolute Gasteiger partial charge is 0.327 e. The van der Waals surface area contributed by atoms with Gasteiger partial charge >= 0.3 is 11.7 Å². The molecule has 0 spiro atoms. The van der Waals surface area contributed by atoms with Crippen molar-refractivity contribution in [3.63, 3.8) is 0 Å². The third-order valence-corrected chi connectivity index (χ3v) is 7.53. The number of nitrogen functional groups attached to an aromatic ring is 1. The van der Waals surface area contributed by atoms with Crippen LogP contribution < -0.4 is 16.2 Å². The number of aromatic nitrogens is 4. The van der Waals surface area contributed by atoms with Crippen LogP contribution in [0, 0.1) is 11.8 Å². The van der Waals surface area contributed by atoms with Gasteiger partial charge in [0.15, 0.2) is 11.5 Å². The van der Waals surface area contributed by atoms with E-state index in [1.807, 2.05) is 0 Å². The lowest BCUT2D eigenvalue weighted by Crippen LogP contribution is -2.37. The fourth-order valence-corrected chi connectivity index (χ4v) is 5.58. The maximum absolute atomic E-state index is 12.6. The number of H-pyrrole nitrogens is 1. The zero-order valence-electron chi connectivity index (χ0n) is 20.4. The van der Waals surface area contributed by atoms with Gasteiger partial charge in [0.05, 0.1) is 6.61 Å². The first-order chi connectivity index (χ1) is 16.1. The molecule has 1 atom stereocenters. The topological polar surface area (TPSA) is 102 Å². The second kappa shape index (κ2) is 11.9.